The zero-order valence-corrected chi connectivity index (χ0v) is 14.2. The Bertz CT molecular complexity index is 672. The molecule has 0 bridgehead atoms. The second-order valence-corrected chi connectivity index (χ2v) is 7.04. The Kier molecular flexibility index (Phi) is 4.93. The van der Waals surface area contributed by atoms with Gasteiger partial charge in [0.05, 0.1) is 16.8 Å². The maximum absolute atomic E-state index is 12.5. The van der Waals surface area contributed by atoms with Crippen molar-refractivity contribution >= 4 is 40.3 Å². The molecule has 2 heterocycles. The summed E-state index contributed by atoms with van der Waals surface area (Å²) >= 11 is 7.44. The number of benzene rings is 1. The van der Waals surface area contributed by atoms with Gasteiger partial charge in [-0.25, -0.2) is 4.98 Å². The molecule has 1 fully saturated rings. The molecule has 1 aromatic heterocycles. The number of halogens is 1. The Morgan fingerprint density at radius 2 is 2.36 bits per heavy atom. The quantitative estimate of drug-likeness (QED) is 0.854. The zero-order chi connectivity index (χ0) is 15.5. The molecule has 1 saturated heterocycles. The summed E-state index contributed by atoms with van der Waals surface area (Å²) < 4.78 is 0. The molecule has 1 aliphatic heterocycles. The van der Waals surface area contributed by atoms with Crippen LogP contribution in [0.15, 0.2) is 23.4 Å². The summed E-state index contributed by atoms with van der Waals surface area (Å²) in [5.74, 6) is 0.652. The summed E-state index contributed by atoms with van der Waals surface area (Å²) in [6, 6.07) is 5.98. The van der Waals surface area contributed by atoms with Crippen LogP contribution in [0.4, 0.5) is 0 Å². The van der Waals surface area contributed by atoms with E-state index in [0.29, 0.717) is 16.8 Å². The largest absolute Gasteiger partial charge is 0.339 e. The third-order valence-corrected chi connectivity index (χ3v) is 5.27. The van der Waals surface area contributed by atoms with E-state index in [-0.39, 0.29) is 5.91 Å². The van der Waals surface area contributed by atoms with Gasteiger partial charge >= 0.3 is 0 Å². The van der Waals surface area contributed by atoms with Crippen molar-refractivity contribution < 1.29 is 4.79 Å². The lowest BCUT2D eigenvalue weighted by atomic mass is 10.0. The minimum absolute atomic E-state index is 0.218. The van der Waals surface area contributed by atoms with Gasteiger partial charge in [0.15, 0.2) is 5.16 Å². The van der Waals surface area contributed by atoms with Crippen LogP contribution in [0.1, 0.15) is 32.6 Å². The van der Waals surface area contributed by atoms with E-state index in [9.17, 15) is 4.79 Å². The van der Waals surface area contributed by atoms with Gasteiger partial charge in [-0.3, -0.25) is 4.79 Å². The highest BCUT2D eigenvalue weighted by Gasteiger charge is 2.25. The van der Waals surface area contributed by atoms with E-state index >= 15 is 0 Å². The fourth-order valence-electron chi connectivity index (χ4n) is 2.99. The van der Waals surface area contributed by atoms with Crippen molar-refractivity contribution in [3.63, 3.8) is 0 Å². The Morgan fingerprint density at radius 3 is 3.18 bits per heavy atom. The lowest BCUT2D eigenvalue weighted by Crippen LogP contribution is -2.44. The third-order valence-electron chi connectivity index (χ3n) is 4.17. The second-order valence-electron chi connectivity index (χ2n) is 5.64. The molecule has 0 aliphatic carbocycles. The van der Waals surface area contributed by atoms with Gasteiger partial charge in [-0.05, 0) is 43.9 Å². The number of imidazole rings is 1. The van der Waals surface area contributed by atoms with Crippen LogP contribution in [-0.2, 0) is 4.79 Å². The fraction of sp³-hybridized carbons (Fsp3) is 0.500. The molecule has 6 heteroatoms. The van der Waals surface area contributed by atoms with Gasteiger partial charge in [0.1, 0.15) is 0 Å². The van der Waals surface area contributed by atoms with E-state index in [1.165, 1.54) is 18.2 Å². The molecule has 4 nitrogen and oxygen atoms in total. The SMILES string of the molecule is CCC1CCCCN1C(=O)CSc1nc2ccc(Cl)cc2[nH]1. The molecule has 22 heavy (non-hydrogen) atoms. The van der Waals surface area contributed by atoms with Gasteiger partial charge in [-0.2, -0.15) is 0 Å². The maximum Gasteiger partial charge on any atom is 0.233 e. The van der Waals surface area contributed by atoms with Crippen molar-refractivity contribution in [2.24, 2.45) is 0 Å². The Labute approximate surface area is 139 Å². The van der Waals surface area contributed by atoms with Crippen molar-refractivity contribution in [2.75, 3.05) is 12.3 Å². The van der Waals surface area contributed by atoms with Crippen LogP contribution >= 0.6 is 23.4 Å². The lowest BCUT2D eigenvalue weighted by Gasteiger charge is -2.35. The Morgan fingerprint density at radius 1 is 1.50 bits per heavy atom. The highest BCUT2D eigenvalue weighted by molar-refractivity contribution is 7.99. The number of nitrogens with one attached hydrogen (secondary N) is 1. The van der Waals surface area contributed by atoms with Crippen LogP contribution in [-0.4, -0.2) is 39.1 Å². The smallest absolute Gasteiger partial charge is 0.233 e. The average molecular weight is 338 g/mol. The van der Waals surface area contributed by atoms with E-state index in [1.54, 1.807) is 0 Å². The predicted octanol–water partition coefficient (Wildman–Crippen LogP) is 4.10. The monoisotopic (exact) mass is 337 g/mol. The summed E-state index contributed by atoms with van der Waals surface area (Å²) in [7, 11) is 0. The van der Waals surface area contributed by atoms with Crippen molar-refractivity contribution in [3.8, 4) is 0 Å². The fourth-order valence-corrected chi connectivity index (χ4v) is 3.94. The number of rotatable bonds is 4. The van der Waals surface area contributed by atoms with E-state index in [2.05, 4.69) is 21.8 Å². The first-order chi connectivity index (χ1) is 10.7. The lowest BCUT2D eigenvalue weighted by molar-refractivity contribution is -0.132. The third kappa shape index (κ3) is 3.41. The van der Waals surface area contributed by atoms with Gasteiger partial charge in [0.2, 0.25) is 5.91 Å². The van der Waals surface area contributed by atoms with Crippen molar-refractivity contribution in [1.29, 1.82) is 0 Å². The molecule has 1 aliphatic rings. The van der Waals surface area contributed by atoms with Crippen LogP contribution in [0.5, 0.6) is 0 Å². The number of aromatic nitrogens is 2. The first-order valence-electron chi connectivity index (χ1n) is 7.75. The number of carbonyl (C=O) groups excluding carboxylic acids is 1. The van der Waals surface area contributed by atoms with Gasteiger partial charge in [0.25, 0.3) is 0 Å². The Hall–Kier alpha value is -1.20. The highest BCUT2D eigenvalue weighted by Crippen LogP contribution is 2.24. The molecule has 2 aromatic rings. The average Bonchev–Trinajstić information content (AvgIpc) is 2.94. The van der Waals surface area contributed by atoms with Crippen LogP contribution in [0, 0.1) is 0 Å². The van der Waals surface area contributed by atoms with Crippen molar-refractivity contribution in [3.05, 3.63) is 23.2 Å². The standard InChI is InChI=1S/C16H20ClN3OS/c1-2-12-5-3-4-8-20(12)15(21)10-22-16-18-13-7-6-11(17)9-14(13)19-16/h6-7,9,12H,2-5,8,10H2,1H3,(H,18,19). The second kappa shape index (κ2) is 6.92. The molecule has 1 N–H and O–H groups in total. The number of thioether (sulfide) groups is 1. The summed E-state index contributed by atoms with van der Waals surface area (Å²) in [6.07, 6.45) is 4.53. The number of fused-ring (bicyclic) bond motifs is 1. The number of hydrogen-bond donors (Lipinski definition) is 1. The summed E-state index contributed by atoms with van der Waals surface area (Å²) in [5.41, 5.74) is 1.79. The van der Waals surface area contributed by atoms with E-state index < -0.39 is 0 Å². The maximum atomic E-state index is 12.5. The van der Waals surface area contributed by atoms with Crippen LogP contribution in [0.3, 0.4) is 0 Å². The molecule has 0 spiro atoms. The minimum atomic E-state index is 0.218. The molecule has 0 radical (unpaired) electrons. The number of likely N-dealkylation sites (tertiary alicyclic amines) is 1. The normalized spacial score (nSPS) is 18.8. The minimum Gasteiger partial charge on any atom is -0.339 e. The topological polar surface area (TPSA) is 49.0 Å². The van der Waals surface area contributed by atoms with Crippen LogP contribution < -0.4 is 0 Å². The summed E-state index contributed by atoms with van der Waals surface area (Å²) in [6.45, 7) is 3.06. The van der Waals surface area contributed by atoms with E-state index in [4.69, 9.17) is 11.6 Å². The van der Waals surface area contributed by atoms with Crippen LogP contribution in [0.25, 0.3) is 11.0 Å². The summed E-state index contributed by atoms with van der Waals surface area (Å²) in [5, 5.41) is 1.46. The first-order valence-corrected chi connectivity index (χ1v) is 9.11. The molecule has 1 unspecified atom stereocenters. The number of hydrogen-bond acceptors (Lipinski definition) is 3. The molecule has 3 rings (SSSR count). The van der Waals surface area contributed by atoms with Gasteiger partial charge in [-0.1, -0.05) is 30.3 Å². The highest BCUT2D eigenvalue weighted by atomic mass is 35.5. The molecular formula is C16H20ClN3OS. The predicted molar refractivity (Wildman–Crippen MR) is 91.5 cm³/mol. The first kappa shape index (κ1) is 15.7. The zero-order valence-electron chi connectivity index (χ0n) is 12.6. The molecule has 118 valence electrons. The number of H-pyrrole nitrogens is 1. The number of nitrogens with zero attached hydrogens (tertiary/aromatic N) is 2. The number of piperidine rings is 1. The van der Waals surface area contributed by atoms with Crippen LogP contribution in [0.2, 0.25) is 5.02 Å². The number of amides is 1. The molecule has 0 saturated carbocycles. The van der Waals surface area contributed by atoms with E-state index in [0.717, 1.165) is 42.0 Å². The molecule has 1 aromatic carbocycles. The number of carbonyl (C=O) groups is 1. The molecule has 1 atom stereocenters. The van der Waals surface area contributed by atoms with Gasteiger partial charge in [-0.15, -0.1) is 0 Å². The molecular weight excluding hydrogens is 318 g/mol. The van der Waals surface area contributed by atoms with Crippen molar-refractivity contribution in [2.45, 2.75) is 43.8 Å². The Balaban J connectivity index is 1.64. The number of aromatic amines is 1. The van der Waals surface area contributed by atoms with Gasteiger partial charge in [0, 0.05) is 17.6 Å². The summed E-state index contributed by atoms with van der Waals surface area (Å²) in [4.78, 5) is 22.2. The van der Waals surface area contributed by atoms with Gasteiger partial charge < -0.3 is 9.88 Å². The van der Waals surface area contributed by atoms with Crippen molar-refractivity contribution in [1.82, 2.24) is 14.9 Å². The van der Waals surface area contributed by atoms with E-state index in [1.807, 2.05) is 18.2 Å². The molecule has 1 amide bonds.